The first-order valence-corrected chi connectivity index (χ1v) is 7.76. The second-order valence-electron chi connectivity index (χ2n) is 4.92. The van der Waals surface area contributed by atoms with Gasteiger partial charge in [-0.25, -0.2) is 0 Å². The van der Waals surface area contributed by atoms with Crippen molar-refractivity contribution in [3.05, 3.63) is 60.2 Å². The Kier molecular flexibility index (Phi) is 7.58. The van der Waals surface area contributed by atoms with E-state index in [-0.39, 0.29) is 19.1 Å². The molecule has 2 rings (SSSR count). The minimum absolute atomic E-state index is 0.0280. The van der Waals surface area contributed by atoms with Crippen LogP contribution in [0.15, 0.2) is 43.5 Å². The van der Waals surface area contributed by atoms with Gasteiger partial charge in [0.25, 0.3) is 0 Å². The Morgan fingerprint density at radius 1 is 1.05 bits per heavy atom. The summed E-state index contributed by atoms with van der Waals surface area (Å²) < 4.78 is 0. The Balaban J connectivity index is 0.00000116. The summed E-state index contributed by atoms with van der Waals surface area (Å²) in [6.07, 6.45) is 4.26. The SMILES string of the molecule is C=Cc1cc2ccccc2c(CC(CO)CO)c1C=C.CC. The van der Waals surface area contributed by atoms with Gasteiger partial charge in [-0.15, -0.1) is 0 Å². The Labute approximate surface area is 133 Å². The first-order chi connectivity index (χ1) is 10.7. The predicted octanol–water partition coefficient (Wildman–Crippen LogP) is 4.30. The molecule has 22 heavy (non-hydrogen) atoms. The van der Waals surface area contributed by atoms with Crippen LogP contribution in [0.3, 0.4) is 0 Å². The number of aliphatic hydroxyl groups excluding tert-OH is 2. The number of fused-ring (bicyclic) bond motifs is 1. The van der Waals surface area contributed by atoms with Crippen LogP contribution >= 0.6 is 0 Å². The first-order valence-electron chi connectivity index (χ1n) is 7.76. The van der Waals surface area contributed by atoms with Crippen molar-refractivity contribution in [3.8, 4) is 0 Å². The standard InChI is InChI=1S/C18H20O2.C2H6/c1-3-14-10-15-7-5-6-8-17(15)18(16(14)4-2)9-13(11-19)12-20;1-2/h3-8,10,13,19-20H,1-2,9,11-12H2;1-2H3. The normalized spacial score (nSPS) is 10.2. The molecule has 0 heterocycles. The van der Waals surface area contributed by atoms with Crippen LogP contribution in [-0.2, 0) is 6.42 Å². The van der Waals surface area contributed by atoms with E-state index in [0.717, 1.165) is 27.5 Å². The van der Waals surface area contributed by atoms with Gasteiger partial charge < -0.3 is 10.2 Å². The van der Waals surface area contributed by atoms with Crippen LogP contribution in [-0.4, -0.2) is 23.4 Å². The summed E-state index contributed by atoms with van der Waals surface area (Å²) in [5.74, 6) is -0.155. The van der Waals surface area contributed by atoms with E-state index < -0.39 is 0 Å². The van der Waals surface area contributed by atoms with Gasteiger partial charge >= 0.3 is 0 Å². The van der Waals surface area contributed by atoms with Crippen molar-refractivity contribution in [3.63, 3.8) is 0 Å². The van der Waals surface area contributed by atoms with E-state index in [9.17, 15) is 10.2 Å². The molecule has 0 spiro atoms. The van der Waals surface area contributed by atoms with Gasteiger partial charge in [0, 0.05) is 19.1 Å². The van der Waals surface area contributed by atoms with E-state index >= 15 is 0 Å². The topological polar surface area (TPSA) is 40.5 Å². The summed E-state index contributed by atoms with van der Waals surface area (Å²) in [4.78, 5) is 0. The van der Waals surface area contributed by atoms with Gasteiger partial charge in [-0.05, 0) is 39.9 Å². The molecular weight excluding hydrogens is 272 g/mol. The largest absolute Gasteiger partial charge is 0.396 e. The zero-order valence-corrected chi connectivity index (χ0v) is 13.5. The third-order valence-corrected chi connectivity index (χ3v) is 3.67. The summed E-state index contributed by atoms with van der Waals surface area (Å²) >= 11 is 0. The van der Waals surface area contributed by atoms with Crippen molar-refractivity contribution in [2.45, 2.75) is 20.3 Å². The minimum atomic E-state index is -0.155. The second kappa shape index (κ2) is 9.19. The van der Waals surface area contributed by atoms with E-state index in [1.54, 1.807) is 0 Å². The third kappa shape index (κ3) is 3.85. The molecule has 0 atom stereocenters. The van der Waals surface area contributed by atoms with Crippen LogP contribution in [0.4, 0.5) is 0 Å². The van der Waals surface area contributed by atoms with Gasteiger partial charge in [0.15, 0.2) is 0 Å². The number of rotatable bonds is 6. The number of benzene rings is 2. The zero-order valence-electron chi connectivity index (χ0n) is 13.5. The fourth-order valence-corrected chi connectivity index (χ4v) is 2.57. The summed E-state index contributed by atoms with van der Waals surface area (Å²) in [6, 6.07) is 10.2. The number of hydrogen-bond acceptors (Lipinski definition) is 2. The Morgan fingerprint density at radius 2 is 1.68 bits per heavy atom. The molecule has 0 aliphatic carbocycles. The fraction of sp³-hybridized carbons (Fsp3) is 0.300. The van der Waals surface area contributed by atoms with Crippen LogP contribution in [0, 0.1) is 5.92 Å². The second-order valence-corrected chi connectivity index (χ2v) is 4.92. The highest BCUT2D eigenvalue weighted by Crippen LogP contribution is 2.29. The van der Waals surface area contributed by atoms with Gasteiger partial charge in [0.05, 0.1) is 0 Å². The molecular formula is C20H26O2. The predicted molar refractivity (Wildman–Crippen MR) is 96.8 cm³/mol. The lowest BCUT2D eigenvalue weighted by atomic mass is 9.88. The molecule has 0 fully saturated rings. The Morgan fingerprint density at radius 3 is 2.23 bits per heavy atom. The lowest BCUT2D eigenvalue weighted by molar-refractivity contribution is 0.150. The van der Waals surface area contributed by atoms with Crippen molar-refractivity contribution < 1.29 is 10.2 Å². The lowest BCUT2D eigenvalue weighted by Crippen LogP contribution is -2.15. The molecule has 2 aromatic carbocycles. The minimum Gasteiger partial charge on any atom is -0.396 e. The summed E-state index contributed by atoms with van der Waals surface area (Å²) in [6.45, 7) is 11.7. The van der Waals surface area contributed by atoms with Crippen molar-refractivity contribution in [2.24, 2.45) is 5.92 Å². The van der Waals surface area contributed by atoms with Crippen LogP contribution < -0.4 is 0 Å². The highest BCUT2D eigenvalue weighted by Gasteiger charge is 2.14. The Bertz CT molecular complexity index is 625. The summed E-state index contributed by atoms with van der Waals surface area (Å²) in [7, 11) is 0. The molecule has 0 amide bonds. The molecule has 2 nitrogen and oxygen atoms in total. The maximum atomic E-state index is 9.34. The van der Waals surface area contributed by atoms with Crippen molar-refractivity contribution >= 4 is 22.9 Å². The molecule has 2 heteroatoms. The molecule has 0 aromatic heterocycles. The van der Waals surface area contributed by atoms with Gasteiger partial charge in [0.2, 0.25) is 0 Å². The van der Waals surface area contributed by atoms with E-state index in [4.69, 9.17) is 0 Å². The molecule has 0 aliphatic rings. The van der Waals surface area contributed by atoms with Gasteiger partial charge in [0.1, 0.15) is 0 Å². The van der Waals surface area contributed by atoms with Crippen LogP contribution in [0.2, 0.25) is 0 Å². The average Bonchev–Trinajstić information content (AvgIpc) is 2.60. The fourth-order valence-electron chi connectivity index (χ4n) is 2.57. The van der Waals surface area contributed by atoms with Crippen molar-refractivity contribution in [1.82, 2.24) is 0 Å². The summed E-state index contributed by atoms with van der Waals surface area (Å²) in [5, 5.41) is 21.0. The smallest absolute Gasteiger partial charge is 0.0484 e. The van der Waals surface area contributed by atoms with Crippen LogP contribution in [0.1, 0.15) is 30.5 Å². The molecule has 0 radical (unpaired) electrons. The van der Waals surface area contributed by atoms with Crippen molar-refractivity contribution in [2.75, 3.05) is 13.2 Å². The molecule has 0 saturated heterocycles. The monoisotopic (exact) mass is 298 g/mol. The molecule has 2 aromatic rings. The molecule has 2 N–H and O–H groups in total. The number of aliphatic hydroxyl groups is 2. The van der Waals surface area contributed by atoms with Crippen molar-refractivity contribution in [1.29, 1.82) is 0 Å². The first kappa shape index (κ1) is 18.1. The maximum absolute atomic E-state index is 9.34. The highest BCUT2D eigenvalue weighted by atomic mass is 16.3. The highest BCUT2D eigenvalue weighted by molar-refractivity contribution is 5.92. The number of hydrogen-bond donors (Lipinski definition) is 2. The molecule has 118 valence electrons. The van der Waals surface area contributed by atoms with Gasteiger partial charge in [-0.3, -0.25) is 0 Å². The maximum Gasteiger partial charge on any atom is 0.0484 e. The molecule has 0 saturated carbocycles. The molecule has 0 bridgehead atoms. The Hall–Kier alpha value is -1.90. The van der Waals surface area contributed by atoms with E-state index in [2.05, 4.69) is 31.4 Å². The zero-order chi connectivity index (χ0) is 16.5. The average molecular weight is 298 g/mol. The van der Waals surface area contributed by atoms with E-state index in [0.29, 0.717) is 6.42 Å². The van der Waals surface area contributed by atoms with Crippen LogP contribution in [0.5, 0.6) is 0 Å². The van der Waals surface area contributed by atoms with Gasteiger partial charge in [-0.2, -0.15) is 0 Å². The van der Waals surface area contributed by atoms with Gasteiger partial charge in [-0.1, -0.05) is 63.4 Å². The third-order valence-electron chi connectivity index (χ3n) is 3.67. The van der Waals surface area contributed by atoms with E-state index in [1.807, 2.05) is 38.1 Å². The molecule has 0 unspecified atom stereocenters. The summed E-state index contributed by atoms with van der Waals surface area (Å²) in [5.41, 5.74) is 3.18. The molecule has 0 aliphatic heterocycles. The lowest BCUT2D eigenvalue weighted by Gasteiger charge is -2.18. The van der Waals surface area contributed by atoms with E-state index in [1.165, 1.54) is 0 Å². The quantitative estimate of drug-likeness (QED) is 0.835. The van der Waals surface area contributed by atoms with Crippen LogP contribution in [0.25, 0.3) is 22.9 Å².